The van der Waals surface area contributed by atoms with E-state index in [4.69, 9.17) is 21.4 Å². The van der Waals surface area contributed by atoms with Crippen LogP contribution in [0.15, 0.2) is 65.7 Å². The SMILES string of the molecule is C#CCSc1nn(C[C@H]2CC[C@@H](COCC(=O)O)CC2)c(-c2ccccc2)c1-c1ccccc1. The van der Waals surface area contributed by atoms with Gasteiger partial charge in [0.1, 0.15) is 11.6 Å². The first-order chi connectivity index (χ1) is 16.7. The Morgan fingerprint density at radius 2 is 1.65 bits per heavy atom. The summed E-state index contributed by atoms with van der Waals surface area (Å²) in [5.41, 5.74) is 4.57. The predicted octanol–water partition coefficient (Wildman–Crippen LogP) is 5.85. The number of carboxylic acid groups (broad SMARTS) is 1. The van der Waals surface area contributed by atoms with E-state index in [-0.39, 0.29) is 6.61 Å². The first-order valence-electron chi connectivity index (χ1n) is 11.7. The Bertz CT molecular complexity index is 1110. The van der Waals surface area contributed by atoms with Crippen molar-refractivity contribution in [2.24, 2.45) is 11.8 Å². The van der Waals surface area contributed by atoms with Gasteiger partial charge in [0.15, 0.2) is 0 Å². The summed E-state index contributed by atoms with van der Waals surface area (Å²) < 4.78 is 7.52. The summed E-state index contributed by atoms with van der Waals surface area (Å²) in [5.74, 6) is 3.36. The van der Waals surface area contributed by atoms with Gasteiger partial charge in [0, 0.05) is 17.7 Å². The quantitative estimate of drug-likeness (QED) is 0.295. The second kappa shape index (κ2) is 11.9. The molecule has 1 saturated carbocycles. The molecular formula is C28H30N2O3S. The molecule has 0 atom stereocenters. The molecule has 0 unspecified atom stereocenters. The lowest BCUT2D eigenvalue weighted by Crippen LogP contribution is -2.23. The Morgan fingerprint density at radius 3 is 2.26 bits per heavy atom. The normalized spacial score (nSPS) is 17.9. The van der Waals surface area contributed by atoms with Crippen LogP contribution < -0.4 is 0 Å². The van der Waals surface area contributed by atoms with Crippen LogP contribution in [0.2, 0.25) is 0 Å². The van der Waals surface area contributed by atoms with Crippen molar-refractivity contribution in [1.82, 2.24) is 9.78 Å². The van der Waals surface area contributed by atoms with E-state index >= 15 is 0 Å². The van der Waals surface area contributed by atoms with Gasteiger partial charge in [0.25, 0.3) is 0 Å². The van der Waals surface area contributed by atoms with Gasteiger partial charge >= 0.3 is 5.97 Å². The van der Waals surface area contributed by atoms with E-state index in [9.17, 15) is 4.79 Å². The van der Waals surface area contributed by atoms with Gasteiger partial charge in [0.2, 0.25) is 0 Å². The summed E-state index contributed by atoms with van der Waals surface area (Å²) in [5, 5.41) is 14.8. The number of benzene rings is 2. The topological polar surface area (TPSA) is 64.4 Å². The van der Waals surface area contributed by atoms with Gasteiger partial charge in [-0.25, -0.2) is 4.79 Å². The maximum Gasteiger partial charge on any atom is 0.329 e. The van der Waals surface area contributed by atoms with Crippen molar-refractivity contribution >= 4 is 17.7 Å². The molecule has 1 aliphatic carbocycles. The monoisotopic (exact) mass is 474 g/mol. The van der Waals surface area contributed by atoms with Crippen LogP contribution in [0.4, 0.5) is 0 Å². The Morgan fingerprint density at radius 1 is 1.03 bits per heavy atom. The number of ether oxygens (including phenoxy) is 1. The standard InChI is InChI=1S/C28H30N2O3S/c1-2-17-34-28-26(23-9-5-3-6-10-23)27(24-11-7-4-8-12-24)30(29-28)18-21-13-15-22(16-14-21)19-33-20-25(31)32/h1,3-12,21-22H,13-20H2,(H,31,32)/t21-,22+. The van der Waals surface area contributed by atoms with Gasteiger partial charge in [-0.3, -0.25) is 4.68 Å². The highest BCUT2D eigenvalue weighted by Gasteiger charge is 2.26. The molecule has 176 valence electrons. The van der Waals surface area contributed by atoms with Crippen molar-refractivity contribution in [3.05, 3.63) is 60.7 Å². The molecule has 1 N–H and O–H groups in total. The molecule has 0 saturated heterocycles. The van der Waals surface area contributed by atoms with Crippen LogP contribution in [-0.4, -0.2) is 39.8 Å². The summed E-state index contributed by atoms with van der Waals surface area (Å²) in [6, 6.07) is 20.9. The molecule has 6 heteroatoms. The van der Waals surface area contributed by atoms with Gasteiger partial charge in [-0.2, -0.15) is 5.10 Å². The molecule has 0 aliphatic heterocycles. The molecule has 0 spiro atoms. The van der Waals surface area contributed by atoms with Crippen molar-refractivity contribution in [2.75, 3.05) is 19.0 Å². The lowest BCUT2D eigenvalue weighted by molar-refractivity contribution is -0.142. The molecule has 1 fully saturated rings. The Balaban J connectivity index is 1.59. The minimum atomic E-state index is -0.909. The summed E-state index contributed by atoms with van der Waals surface area (Å²) in [6.07, 6.45) is 9.86. The lowest BCUT2D eigenvalue weighted by Gasteiger charge is -2.28. The predicted molar refractivity (Wildman–Crippen MR) is 137 cm³/mol. The number of carbonyl (C=O) groups is 1. The van der Waals surface area contributed by atoms with Crippen LogP contribution >= 0.6 is 11.8 Å². The number of carboxylic acids is 1. The molecule has 1 aromatic heterocycles. The van der Waals surface area contributed by atoms with Gasteiger partial charge < -0.3 is 9.84 Å². The highest BCUT2D eigenvalue weighted by molar-refractivity contribution is 7.99. The fourth-order valence-corrected chi connectivity index (χ4v) is 5.41. The highest BCUT2D eigenvalue weighted by atomic mass is 32.2. The molecule has 0 bridgehead atoms. The summed E-state index contributed by atoms with van der Waals surface area (Å²) >= 11 is 1.61. The van der Waals surface area contributed by atoms with E-state index in [2.05, 4.69) is 59.1 Å². The first-order valence-corrected chi connectivity index (χ1v) is 12.7. The Labute approximate surface area is 205 Å². The van der Waals surface area contributed by atoms with E-state index in [0.29, 0.717) is 24.2 Å². The molecule has 1 heterocycles. The maximum absolute atomic E-state index is 10.7. The minimum absolute atomic E-state index is 0.214. The van der Waals surface area contributed by atoms with E-state index in [1.165, 1.54) is 0 Å². The number of nitrogens with zero attached hydrogens (tertiary/aromatic N) is 2. The zero-order valence-corrected chi connectivity index (χ0v) is 20.0. The number of thioether (sulfide) groups is 1. The zero-order valence-electron chi connectivity index (χ0n) is 19.2. The van der Waals surface area contributed by atoms with Crippen molar-refractivity contribution in [2.45, 2.75) is 37.3 Å². The maximum atomic E-state index is 10.7. The molecule has 0 radical (unpaired) electrons. The van der Waals surface area contributed by atoms with Crippen LogP contribution in [0.5, 0.6) is 0 Å². The number of terminal acetylenes is 1. The average molecular weight is 475 g/mol. The third-order valence-corrected chi connectivity index (χ3v) is 7.17. The molecule has 5 nitrogen and oxygen atoms in total. The average Bonchev–Trinajstić information content (AvgIpc) is 3.22. The van der Waals surface area contributed by atoms with Crippen LogP contribution in [0.1, 0.15) is 25.7 Å². The molecule has 2 aromatic carbocycles. The third kappa shape index (κ3) is 6.11. The Kier molecular flexibility index (Phi) is 8.46. The summed E-state index contributed by atoms with van der Waals surface area (Å²) in [6.45, 7) is 1.17. The van der Waals surface area contributed by atoms with Gasteiger partial charge in [-0.15, -0.1) is 6.42 Å². The van der Waals surface area contributed by atoms with Crippen molar-refractivity contribution in [3.63, 3.8) is 0 Å². The minimum Gasteiger partial charge on any atom is -0.480 e. The van der Waals surface area contributed by atoms with E-state index in [0.717, 1.165) is 59.6 Å². The fourth-order valence-electron chi connectivity index (χ4n) is 4.68. The zero-order chi connectivity index (χ0) is 23.8. The number of rotatable bonds is 10. The second-order valence-electron chi connectivity index (χ2n) is 8.73. The first kappa shape index (κ1) is 24.1. The third-order valence-electron chi connectivity index (χ3n) is 6.30. The number of aliphatic carboxylic acids is 1. The number of hydrogen-bond donors (Lipinski definition) is 1. The largest absolute Gasteiger partial charge is 0.480 e. The van der Waals surface area contributed by atoms with Gasteiger partial charge in [0.05, 0.1) is 18.1 Å². The lowest BCUT2D eigenvalue weighted by atomic mass is 9.82. The molecule has 0 amide bonds. The van der Waals surface area contributed by atoms with Crippen LogP contribution in [-0.2, 0) is 16.1 Å². The molecule has 1 aliphatic rings. The highest BCUT2D eigenvalue weighted by Crippen LogP contribution is 2.40. The molecule has 4 rings (SSSR count). The smallest absolute Gasteiger partial charge is 0.329 e. The van der Waals surface area contributed by atoms with E-state index < -0.39 is 5.97 Å². The van der Waals surface area contributed by atoms with E-state index in [1.807, 2.05) is 12.1 Å². The summed E-state index contributed by atoms with van der Waals surface area (Å²) in [4.78, 5) is 10.7. The molecular weight excluding hydrogens is 444 g/mol. The van der Waals surface area contributed by atoms with Gasteiger partial charge in [-0.05, 0) is 43.1 Å². The Hall–Kier alpha value is -3.01. The van der Waals surface area contributed by atoms with Crippen molar-refractivity contribution in [1.29, 1.82) is 0 Å². The number of hydrogen-bond acceptors (Lipinski definition) is 4. The van der Waals surface area contributed by atoms with Crippen LogP contribution in [0, 0.1) is 24.2 Å². The van der Waals surface area contributed by atoms with Crippen molar-refractivity contribution < 1.29 is 14.6 Å². The van der Waals surface area contributed by atoms with Gasteiger partial charge in [-0.1, -0.05) is 78.3 Å². The van der Waals surface area contributed by atoms with Crippen LogP contribution in [0.3, 0.4) is 0 Å². The summed E-state index contributed by atoms with van der Waals surface area (Å²) in [7, 11) is 0. The molecule has 3 aromatic rings. The van der Waals surface area contributed by atoms with E-state index in [1.54, 1.807) is 11.8 Å². The van der Waals surface area contributed by atoms with Crippen LogP contribution in [0.25, 0.3) is 22.4 Å². The van der Waals surface area contributed by atoms with Crippen molar-refractivity contribution in [3.8, 4) is 34.7 Å². The fraction of sp³-hybridized carbons (Fsp3) is 0.357. The molecule has 34 heavy (non-hydrogen) atoms. The number of aromatic nitrogens is 2. The second-order valence-corrected chi connectivity index (χ2v) is 9.70.